The van der Waals surface area contributed by atoms with Gasteiger partial charge in [-0.1, -0.05) is 6.92 Å². The summed E-state index contributed by atoms with van der Waals surface area (Å²) in [6, 6.07) is 2.19. The van der Waals surface area contributed by atoms with E-state index in [-0.39, 0.29) is 11.8 Å². The second kappa shape index (κ2) is 6.14. The standard InChI is InChI=1S/C19H28N6O/c1-12(17-13(2)20-21-14(17)3)18(26)25-9-7-24(8-10-25)16-11-15(22-23-16)19(4)5-6-19/h11-12H,5-10H2,1-4H3,(H,20,21)(H,22,23). The van der Waals surface area contributed by atoms with Gasteiger partial charge in [0.25, 0.3) is 0 Å². The summed E-state index contributed by atoms with van der Waals surface area (Å²) in [4.78, 5) is 17.2. The van der Waals surface area contributed by atoms with E-state index in [4.69, 9.17) is 0 Å². The average molecular weight is 356 g/mol. The van der Waals surface area contributed by atoms with Crippen LogP contribution in [0.15, 0.2) is 6.07 Å². The molecule has 1 aliphatic carbocycles. The van der Waals surface area contributed by atoms with Crippen LogP contribution in [0.2, 0.25) is 0 Å². The van der Waals surface area contributed by atoms with E-state index in [0.29, 0.717) is 5.41 Å². The van der Waals surface area contributed by atoms with Crippen molar-refractivity contribution >= 4 is 11.7 Å². The minimum atomic E-state index is -0.160. The number of hydrogen-bond donors (Lipinski definition) is 2. The molecule has 0 spiro atoms. The average Bonchev–Trinajstić information content (AvgIpc) is 3.07. The number of hydrogen-bond acceptors (Lipinski definition) is 4. The molecule has 7 nitrogen and oxygen atoms in total. The van der Waals surface area contributed by atoms with Crippen LogP contribution in [0, 0.1) is 13.8 Å². The molecule has 140 valence electrons. The fourth-order valence-electron chi connectivity index (χ4n) is 3.99. The summed E-state index contributed by atoms with van der Waals surface area (Å²) in [6.07, 6.45) is 2.48. The van der Waals surface area contributed by atoms with Crippen molar-refractivity contribution in [2.24, 2.45) is 0 Å². The highest BCUT2D eigenvalue weighted by molar-refractivity contribution is 5.84. The lowest BCUT2D eigenvalue weighted by Crippen LogP contribution is -2.50. The van der Waals surface area contributed by atoms with E-state index < -0.39 is 0 Å². The fraction of sp³-hybridized carbons (Fsp3) is 0.632. The van der Waals surface area contributed by atoms with E-state index in [1.54, 1.807) is 0 Å². The van der Waals surface area contributed by atoms with Gasteiger partial charge in [-0.3, -0.25) is 15.0 Å². The molecule has 26 heavy (non-hydrogen) atoms. The molecule has 0 bridgehead atoms. The zero-order valence-electron chi connectivity index (χ0n) is 16.1. The summed E-state index contributed by atoms with van der Waals surface area (Å²) in [5.41, 5.74) is 4.48. The van der Waals surface area contributed by atoms with Crippen LogP contribution in [0.5, 0.6) is 0 Å². The maximum atomic E-state index is 12.9. The summed E-state index contributed by atoms with van der Waals surface area (Å²) in [7, 11) is 0. The van der Waals surface area contributed by atoms with Crippen molar-refractivity contribution in [1.82, 2.24) is 25.3 Å². The molecule has 1 saturated heterocycles. The first kappa shape index (κ1) is 17.1. The third kappa shape index (κ3) is 2.89. The monoisotopic (exact) mass is 356 g/mol. The molecule has 1 atom stereocenters. The molecule has 2 aromatic heterocycles. The topological polar surface area (TPSA) is 80.9 Å². The van der Waals surface area contributed by atoms with Gasteiger partial charge < -0.3 is 9.80 Å². The highest BCUT2D eigenvalue weighted by Gasteiger charge is 2.41. The number of aryl methyl sites for hydroxylation is 2. The second-order valence-corrected chi connectivity index (χ2v) is 8.08. The second-order valence-electron chi connectivity index (χ2n) is 8.08. The summed E-state index contributed by atoms with van der Waals surface area (Å²) < 4.78 is 0. The number of carbonyl (C=O) groups is 1. The molecular weight excluding hydrogens is 328 g/mol. The number of aromatic amines is 2. The van der Waals surface area contributed by atoms with Crippen LogP contribution in [0.3, 0.4) is 0 Å². The van der Waals surface area contributed by atoms with Crippen molar-refractivity contribution in [3.63, 3.8) is 0 Å². The van der Waals surface area contributed by atoms with Gasteiger partial charge in [0.2, 0.25) is 5.91 Å². The Morgan fingerprint density at radius 1 is 1.15 bits per heavy atom. The highest BCUT2D eigenvalue weighted by atomic mass is 16.2. The van der Waals surface area contributed by atoms with E-state index in [0.717, 1.165) is 48.9 Å². The highest BCUT2D eigenvalue weighted by Crippen LogP contribution is 2.47. The minimum absolute atomic E-state index is 0.160. The van der Waals surface area contributed by atoms with E-state index in [2.05, 4.69) is 38.3 Å². The van der Waals surface area contributed by atoms with Crippen LogP contribution < -0.4 is 4.90 Å². The van der Waals surface area contributed by atoms with Gasteiger partial charge in [-0.2, -0.15) is 10.2 Å². The van der Waals surface area contributed by atoms with Crippen molar-refractivity contribution in [3.8, 4) is 0 Å². The third-order valence-corrected chi connectivity index (χ3v) is 6.12. The van der Waals surface area contributed by atoms with E-state index >= 15 is 0 Å². The van der Waals surface area contributed by atoms with Gasteiger partial charge in [-0.25, -0.2) is 0 Å². The summed E-state index contributed by atoms with van der Waals surface area (Å²) in [5, 5.41) is 14.9. The number of nitrogens with one attached hydrogen (secondary N) is 2. The number of nitrogens with zero attached hydrogens (tertiary/aromatic N) is 4. The molecule has 7 heteroatoms. The lowest BCUT2D eigenvalue weighted by atomic mass is 9.97. The number of anilines is 1. The molecule has 1 aliphatic heterocycles. The quantitative estimate of drug-likeness (QED) is 0.880. The maximum absolute atomic E-state index is 12.9. The predicted molar refractivity (Wildman–Crippen MR) is 100 cm³/mol. The van der Waals surface area contributed by atoms with Crippen molar-refractivity contribution in [1.29, 1.82) is 0 Å². The summed E-state index contributed by atoms with van der Waals surface area (Å²) >= 11 is 0. The number of piperazine rings is 1. The number of aromatic nitrogens is 4. The van der Waals surface area contributed by atoms with Gasteiger partial charge >= 0.3 is 0 Å². The van der Waals surface area contributed by atoms with Crippen molar-refractivity contribution in [3.05, 3.63) is 28.7 Å². The molecule has 0 radical (unpaired) electrons. The van der Waals surface area contributed by atoms with Gasteiger partial charge in [0.05, 0.1) is 11.6 Å². The van der Waals surface area contributed by atoms with E-state index in [1.807, 2.05) is 25.7 Å². The van der Waals surface area contributed by atoms with Gasteiger partial charge in [-0.05, 0) is 33.6 Å². The molecule has 3 heterocycles. The predicted octanol–water partition coefficient (Wildman–Crippen LogP) is 2.25. The Bertz CT molecular complexity index is 790. The van der Waals surface area contributed by atoms with Gasteiger partial charge in [0.15, 0.2) is 5.82 Å². The van der Waals surface area contributed by atoms with Crippen LogP contribution in [0.4, 0.5) is 5.82 Å². The fourth-order valence-corrected chi connectivity index (χ4v) is 3.99. The van der Waals surface area contributed by atoms with Crippen molar-refractivity contribution in [2.75, 3.05) is 31.1 Å². The number of rotatable bonds is 4. The Morgan fingerprint density at radius 3 is 2.42 bits per heavy atom. The Morgan fingerprint density at radius 2 is 1.85 bits per heavy atom. The van der Waals surface area contributed by atoms with Crippen LogP contribution in [0.1, 0.15) is 55.3 Å². The van der Waals surface area contributed by atoms with Crippen LogP contribution >= 0.6 is 0 Å². The van der Waals surface area contributed by atoms with E-state index in [1.165, 1.54) is 18.5 Å². The van der Waals surface area contributed by atoms with Crippen LogP contribution in [-0.2, 0) is 10.2 Å². The molecule has 2 fully saturated rings. The number of carbonyl (C=O) groups excluding carboxylic acids is 1. The van der Waals surface area contributed by atoms with Crippen LogP contribution in [0.25, 0.3) is 0 Å². The molecule has 1 saturated carbocycles. The van der Waals surface area contributed by atoms with Gasteiger partial charge in [-0.15, -0.1) is 0 Å². The summed E-state index contributed by atoms with van der Waals surface area (Å²) in [5.74, 6) is 1.03. The van der Waals surface area contributed by atoms with Crippen molar-refractivity contribution < 1.29 is 4.79 Å². The Hall–Kier alpha value is -2.31. The smallest absolute Gasteiger partial charge is 0.230 e. The molecule has 1 unspecified atom stereocenters. The molecule has 0 aromatic carbocycles. The number of H-pyrrole nitrogens is 2. The minimum Gasteiger partial charge on any atom is -0.352 e. The zero-order valence-corrected chi connectivity index (χ0v) is 16.1. The van der Waals surface area contributed by atoms with Crippen molar-refractivity contribution in [2.45, 2.75) is 51.9 Å². The first-order valence-corrected chi connectivity index (χ1v) is 9.50. The molecule has 4 rings (SSSR count). The molecule has 2 aromatic rings. The van der Waals surface area contributed by atoms with Gasteiger partial charge in [0.1, 0.15) is 0 Å². The Kier molecular flexibility index (Phi) is 4.04. The first-order chi connectivity index (χ1) is 12.4. The normalized spacial score (nSPS) is 20.3. The molecule has 2 aliphatic rings. The first-order valence-electron chi connectivity index (χ1n) is 9.50. The van der Waals surface area contributed by atoms with Crippen LogP contribution in [-0.4, -0.2) is 57.4 Å². The Balaban J connectivity index is 1.39. The molecular formula is C19H28N6O. The van der Waals surface area contributed by atoms with Gasteiger partial charge in [0, 0.05) is 54.6 Å². The lowest BCUT2D eigenvalue weighted by Gasteiger charge is -2.36. The lowest BCUT2D eigenvalue weighted by molar-refractivity contribution is -0.132. The molecule has 2 N–H and O–H groups in total. The zero-order chi connectivity index (χ0) is 18.5. The largest absolute Gasteiger partial charge is 0.352 e. The molecule has 1 amide bonds. The summed E-state index contributed by atoms with van der Waals surface area (Å²) in [6.45, 7) is 11.3. The number of amides is 1. The van der Waals surface area contributed by atoms with E-state index in [9.17, 15) is 4.79 Å². The third-order valence-electron chi connectivity index (χ3n) is 6.12. The maximum Gasteiger partial charge on any atom is 0.230 e. The Labute approximate surface area is 154 Å². The SMILES string of the molecule is Cc1n[nH]c(C)c1C(C)C(=O)N1CCN(c2cc(C3(C)CC3)[nH]n2)CC1.